The molecule has 0 aliphatic heterocycles. The Balaban J connectivity index is 2.01. The number of hydrogen-bond donors (Lipinski definition) is 1. The van der Waals surface area contributed by atoms with Gasteiger partial charge in [-0.15, -0.1) is 0 Å². The SMILES string of the molecule is CCCNCC1CCC(C(C)C)CC1c1ccsc1. The molecule has 1 aliphatic rings. The average molecular weight is 279 g/mol. The van der Waals surface area contributed by atoms with E-state index in [1.54, 1.807) is 5.56 Å². The normalized spacial score (nSPS) is 27.9. The number of hydrogen-bond acceptors (Lipinski definition) is 2. The minimum atomic E-state index is 0.789. The lowest BCUT2D eigenvalue weighted by atomic mass is 9.68. The van der Waals surface area contributed by atoms with Crippen molar-refractivity contribution in [1.29, 1.82) is 0 Å². The molecule has 3 atom stereocenters. The number of thiophene rings is 1. The molecule has 1 heterocycles. The summed E-state index contributed by atoms with van der Waals surface area (Å²) in [5.74, 6) is 3.39. The zero-order chi connectivity index (χ0) is 13.7. The third-order valence-electron chi connectivity index (χ3n) is 4.78. The molecule has 0 saturated heterocycles. The molecule has 1 nitrogen and oxygen atoms in total. The Labute approximate surface area is 122 Å². The first kappa shape index (κ1) is 15.1. The van der Waals surface area contributed by atoms with Gasteiger partial charge < -0.3 is 5.32 Å². The largest absolute Gasteiger partial charge is 0.316 e. The fourth-order valence-corrected chi connectivity index (χ4v) is 4.20. The molecule has 2 heteroatoms. The van der Waals surface area contributed by atoms with E-state index in [0.717, 1.165) is 23.7 Å². The van der Waals surface area contributed by atoms with Gasteiger partial charge in [0.15, 0.2) is 0 Å². The summed E-state index contributed by atoms with van der Waals surface area (Å²) in [5.41, 5.74) is 1.60. The zero-order valence-corrected chi connectivity index (χ0v) is 13.5. The third-order valence-corrected chi connectivity index (χ3v) is 5.48. The average Bonchev–Trinajstić information content (AvgIpc) is 2.93. The second-order valence-electron chi connectivity index (χ2n) is 6.44. The van der Waals surface area contributed by atoms with Gasteiger partial charge in [0.2, 0.25) is 0 Å². The van der Waals surface area contributed by atoms with Crippen LogP contribution < -0.4 is 5.32 Å². The first-order valence-electron chi connectivity index (χ1n) is 7.95. The third kappa shape index (κ3) is 4.06. The molecule has 1 saturated carbocycles. The van der Waals surface area contributed by atoms with Gasteiger partial charge in [-0.2, -0.15) is 11.3 Å². The summed E-state index contributed by atoms with van der Waals surface area (Å²) in [6.45, 7) is 9.41. The van der Waals surface area contributed by atoms with Gasteiger partial charge in [0.1, 0.15) is 0 Å². The van der Waals surface area contributed by atoms with Gasteiger partial charge in [0.25, 0.3) is 0 Å². The van der Waals surface area contributed by atoms with E-state index in [-0.39, 0.29) is 0 Å². The van der Waals surface area contributed by atoms with Crippen molar-refractivity contribution in [1.82, 2.24) is 5.32 Å². The maximum atomic E-state index is 3.64. The highest BCUT2D eigenvalue weighted by Gasteiger charge is 2.32. The maximum Gasteiger partial charge on any atom is -0.00147 e. The van der Waals surface area contributed by atoms with Crippen molar-refractivity contribution in [2.45, 2.75) is 52.4 Å². The molecular formula is C17H29NS. The summed E-state index contributed by atoms with van der Waals surface area (Å²) >= 11 is 1.85. The van der Waals surface area contributed by atoms with Crippen LogP contribution in [-0.4, -0.2) is 13.1 Å². The van der Waals surface area contributed by atoms with Gasteiger partial charge in [-0.3, -0.25) is 0 Å². The summed E-state index contributed by atoms with van der Waals surface area (Å²) in [4.78, 5) is 0. The van der Waals surface area contributed by atoms with Crippen molar-refractivity contribution in [2.75, 3.05) is 13.1 Å². The van der Waals surface area contributed by atoms with Crippen LogP contribution >= 0.6 is 11.3 Å². The zero-order valence-electron chi connectivity index (χ0n) is 12.7. The molecule has 3 unspecified atom stereocenters. The van der Waals surface area contributed by atoms with Crippen LogP contribution in [0.1, 0.15) is 57.9 Å². The number of rotatable bonds is 6. The molecule has 0 radical (unpaired) electrons. The van der Waals surface area contributed by atoms with Crippen molar-refractivity contribution in [3.63, 3.8) is 0 Å². The lowest BCUT2D eigenvalue weighted by molar-refractivity contribution is 0.191. The Hall–Kier alpha value is -0.340. The molecule has 108 valence electrons. The van der Waals surface area contributed by atoms with E-state index in [4.69, 9.17) is 0 Å². The van der Waals surface area contributed by atoms with Crippen LogP contribution in [0.2, 0.25) is 0 Å². The highest BCUT2D eigenvalue weighted by atomic mass is 32.1. The number of nitrogens with one attached hydrogen (secondary N) is 1. The molecule has 1 N–H and O–H groups in total. The molecule has 0 bridgehead atoms. The van der Waals surface area contributed by atoms with E-state index in [1.807, 2.05) is 11.3 Å². The molecule has 0 spiro atoms. The van der Waals surface area contributed by atoms with Gasteiger partial charge in [-0.05, 0) is 84.8 Å². The maximum absolute atomic E-state index is 3.64. The Morgan fingerprint density at radius 2 is 2.21 bits per heavy atom. The minimum absolute atomic E-state index is 0.789. The van der Waals surface area contributed by atoms with Crippen LogP contribution in [0, 0.1) is 17.8 Å². The molecule has 1 aromatic heterocycles. The van der Waals surface area contributed by atoms with Gasteiger partial charge in [0, 0.05) is 0 Å². The van der Waals surface area contributed by atoms with Crippen LogP contribution in [0.5, 0.6) is 0 Å². The van der Waals surface area contributed by atoms with E-state index < -0.39 is 0 Å². The van der Waals surface area contributed by atoms with Crippen LogP contribution in [0.3, 0.4) is 0 Å². The van der Waals surface area contributed by atoms with Gasteiger partial charge >= 0.3 is 0 Å². The topological polar surface area (TPSA) is 12.0 Å². The molecular weight excluding hydrogens is 250 g/mol. The van der Waals surface area contributed by atoms with E-state index >= 15 is 0 Å². The predicted octanol–water partition coefficient (Wildman–Crippen LogP) is 4.90. The second kappa shape index (κ2) is 7.44. The van der Waals surface area contributed by atoms with Crippen molar-refractivity contribution >= 4 is 11.3 Å². The van der Waals surface area contributed by atoms with Crippen molar-refractivity contribution in [3.05, 3.63) is 22.4 Å². The Kier molecular flexibility index (Phi) is 5.90. The molecule has 2 rings (SSSR count). The summed E-state index contributed by atoms with van der Waals surface area (Å²) in [6.07, 6.45) is 5.47. The van der Waals surface area contributed by atoms with E-state index in [0.29, 0.717) is 0 Å². The fourth-order valence-electron chi connectivity index (χ4n) is 3.47. The molecule has 1 aliphatic carbocycles. The summed E-state index contributed by atoms with van der Waals surface area (Å²) in [5, 5.41) is 8.26. The molecule has 1 fully saturated rings. The van der Waals surface area contributed by atoms with Crippen molar-refractivity contribution in [3.8, 4) is 0 Å². The fraction of sp³-hybridized carbons (Fsp3) is 0.765. The quantitative estimate of drug-likeness (QED) is 0.730. The smallest absolute Gasteiger partial charge is 0.00147 e. The van der Waals surface area contributed by atoms with Gasteiger partial charge in [0.05, 0.1) is 0 Å². The van der Waals surface area contributed by atoms with E-state index in [9.17, 15) is 0 Å². The molecule has 0 aromatic carbocycles. The van der Waals surface area contributed by atoms with Crippen LogP contribution in [-0.2, 0) is 0 Å². The second-order valence-corrected chi connectivity index (χ2v) is 7.22. The summed E-state index contributed by atoms with van der Waals surface area (Å²) < 4.78 is 0. The molecule has 0 amide bonds. The first-order valence-corrected chi connectivity index (χ1v) is 8.89. The highest BCUT2D eigenvalue weighted by molar-refractivity contribution is 7.07. The van der Waals surface area contributed by atoms with Gasteiger partial charge in [-0.1, -0.05) is 20.8 Å². The molecule has 1 aromatic rings. The minimum Gasteiger partial charge on any atom is -0.316 e. The van der Waals surface area contributed by atoms with E-state index in [1.165, 1.54) is 38.8 Å². The monoisotopic (exact) mass is 279 g/mol. The first-order chi connectivity index (χ1) is 9.22. The Morgan fingerprint density at radius 1 is 1.37 bits per heavy atom. The van der Waals surface area contributed by atoms with Crippen molar-refractivity contribution < 1.29 is 0 Å². The highest BCUT2D eigenvalue weighted by Crippen LogP contribution is 2.43. The Bertz CT molecular complexity index is 344. The Morgan fingerprint density at radius 3 is 2.84 bits per heavy atom. The van der Waals surface area contributed by atoms with Crippen LogP contribution in [0.4, 0.5) is 0 Å². The van der Waals surface area contributed by atoms with Crippen molar-refractivity contribution in [2.24, 2.45) is 17.8 Å². The summed E-state index contributed by atoms with van der Waals surface area (Å²) in [7, 11) is 0. The standard InChI is InChI=1S/C17H29NS/c1-4-8-18-11-15-6-5-14(13(2)3)10-17(15)16-7-9-19-12-16/h7,9,12-15,17-18H,4-6,8,10-11H2,1-3H3. The summed E-state index contributed by atoms with van der Waals surface area (Å²) in [6, 6.07) is 2.35. The lowest BCUT2D eigenvalue weighted by Gasteiger charge is -2.38. The van der Waals surface area contributed by atoms with E-state index in [2.05, 4.69) is 42.9 Å². The van der Waals surface area contributed by atoms with Crippen LogP contribution in [0.15, 0.2) is 16.8 Å². The van der Waals surface area contributed by atoms with Gasteiger partial charge in [-0.25, -0.2) is 0 Å². The lowest BCUT2D eigenvalue weighted by Crippen LogP contribution is -2.33. The molecule has 19 heavy (non-hydrogen) atoms. The predicted molar refractivity (Wildman–Crippen MR) is 85.9 cm³/mol. The van der Waals surface area contributed by atoms with Crippen LogP contribution in [0.25, 0.3) is 0 Å².